The van der Waals surface area contributed by atoms with Gasteiger partial charge in [-0.15, -0.1) is 0 Å². The van der Waals surface area contributed by atoms with E-state index in [0.717, 1.165) is 45.4 Å². The molecule has 0 unspecified atom stereocenters. The summed E-state index contributed by atoms with van der Waals surface area (Å²) in [5.41, 5.74) is 0. The molecule has 0 spiro atoms. The Bertz CT molecular complexity index is 189. The van der Waals surface area contributed by atoms with Crippen LogP contribution in [0.3, 0.4) is 0 Å². The second-order valence-corrected chi connectivity index (χ2v) is 4.78. The van der Waals surface area contributed by atoms with E-state index < -0.39 is 0 Å². The van der Waals surface area contributed by atoms with E-state index in [4.69, 9.17) is 0 Å². The molecule has 0 saturated carbocycles. The van der Waals surface area contributed by atoms with Gasteiger partial charge in [-0.2, -0.15) is 0 Å². The van der Waals surface area contributed by atoms with Crippen LogP contribution < -0.4 is 5.32 Å². The lowest BCUT2D eigenvalue weighted by atomic mass is 10.3. The molecule has 0 radical (unpaired) electrons. The molecular formula is C13H29N3O. The van der Waals surface area contributed by atoms with Crippen molar-refractivity contribution in [2.75, 3.05) is 46.8 Å². The van der Waals surface area contributed by atoms with Crippen LogP contribution in [0.25, 0.3) is 0 Å². The molecule has 0 aromatic carbocycles. The average molecular weight is 243 g/mol. The Morgan fingerprint density at radius 3 is 2.12 bits per heavy atom. The maximum atomic E-state index is 11.7. The van der Waals surface area contributed by atoms with Crippen molar-refractivity contribution < 1.29 is 4.79 Å². The van der Waals surface area contributed by atoms with Crippen LogP contribution in [0.1, 0.15) is 33.1 Å². The summed E-state index contributed by atoms with van der Waals surface area (Å²) in [4.78, 5) is 16.0. The third-order valence-corrected chi connectivity index (χ3v) is 2.55. The molecule has 0 aliphatic carbocycles. The van der Waals surface area contributed by atoms with E-state index in [0.29, 0.717) is 6.54 Å². The Morgan fingerprint density at radius 2 is 1.65 bits per heavy atom. The molecule has 1 N–H and O–H groups in total. The molecule has 1 amide bonds. The maximum Gasteiger partial charge on any atom is 0.234 e. The van der Waals surface area contributed by atoms with Gasteiger partial charge in [-0.3, -0.25) is 9.69 Å². The smallest absolute Gasteiger partial charge is 0.234 e. The number of nitrogens with one attached hydrogen (secondary N) is 1. The number of amides is 1. The molecule has 0 bridgehead atoms. The lowest BCUT2D eigenvalue weighted by Crippen LogP contribution is -2.38. The average Bonchev–Trinajstić information content (AvgIpc) is 2.25. The highest BCUT2D eigenvalue weighted by Gasteiger charge is 2.08. The minimum Gasteiger partial charge on any atom is -0.355 e. The second kappa shape index (κ2) is 10.5. The summed E-state index contributed by atoms with van der Waals surface area (Å²) in [6.07, 6.45) is 3.22. The molecule has 4 nitrogen and oxygen atoms in total. The van der Waals surface area contributed by atoms with Gasteiger partial charge in [0.1, 0.15) is 0 Å². The van der Waals surface area contributed by atoms with E-state index in [1.54, 1.807) is 0 Å². The number of hydrogen-bond acceptors (Lipinski definition) is 3. The van der Waals surface area contributed by atoms with Gasteiger partial charge >= 0.3 is 0 Å². The molecule has 0 heterocycles. The van der Waals surface area contributed by atoms with Crippen molar-refractivity contribution in [2.24, 2.45) is 0 Å². The third kappa shape index (κ3) is 10.3. The fourth-order valence-corrected chi connectivity index (χ4v) is 1.78. The number of rotatable bonds is 10. The molecule has 0 aliphatic heterocycles. The van der Waals surface area contributed by atoms with Gasteiger partial charge < -0.3 is 10.2 Å². The van der Waals surface area contributed by atoms with Crippen molar-refractivity contribution in [2.45, 2.75) is 33.1 Å². The van der Waals surface area contributed by atoms with Crippen LogP contribution in [-0.4, -0.2) is 62.5 Å². The quantitative estimate of drug-likeness (QED) is 0.585. The fourth-order valence-electron chi connectivity index (χ4n) is 1.78. The first kappa shape index (κ1) is 16.4. The summed E-state index contributed by atoms with van der Waals surface area (Å²) < 4.78 is 0. The number of carbonyl (C=O) groups is 1. The topological polar surface area (TPSA) is 35.6 Å². The Kier molecular flexibility index (Phi) is 10.2. The van der Waals surface area contributed by atoms with Crippen LogP contribution in [0.2, 0.25) is 0 Å². The zero-order valence-corrected chi connectivity index (χ0v) is 12.0. The SMILES string of the molecule is CCCN(CCC)CC(=O)NCCCN(C)C. The van der Waals surface area contributed by atoms with Crippen molar-refractivity contribution in [1.29, 1.82) is 0 Å². The van der Waals surface area contributed by atoms with E-state index in [1.807, 2.05) is 14.1 Å². The molecule has 0 saturated heterocycles. The highest BCUT2D eigenvalue weighted by molar-refractivity contribution is 5.77. The first-order valence-corrected chi connectivity index (χ1v) is 6.73. The molecule has 0 rings (SSSR count). The summed E-state index contributed by atoms with van der Waals surface area (Å²) in [6, 6.07) is 0. The van der Waals surface area contributed by atoms with Gasteiger partial charge in [0.25, 0.3) is 0 Å². The van der Waals surface area contributed by atoms with Crippen LogP contribution in [0, 0.1) is 0 Å². The lowest BCUT2D eigenvalue weighted by molar-refractivity contribution is -0.122. The van der Waals surface area contributed by atoms with E-state index >= 15 is 0 Å². The molecular weight excluding hydrogens is 214 g/mol. The standard InChI is InChI=1S/C13H29N3O/c1-5-9-16(10-6-2)12-13(17)14-8-7-11-15(3)4/h5-12H2,1-4H3,(H,14,17). The Morgan fingerprint density at radius 1 is 1.06 bits per heavy atom. The summed E-state index contributed by atoms with van der Waals surface area (Å²) >= 11 is 0. The highest BCUT2D eigenvalue weighted by Crippen LogP contribution is 1.93. The van der Waals surface area contributed by atoms with Crippen LogP contribution >= 0.6 is 0 Å². The van der Waals surface area contributed by atoms with Crippen molar-refractivity contribution in [3.05, 3.63) is 0 Å². The summed E-state index contributed by atoms with van der Waals surface area (Å²) in [7, 11) is 4.10. The van der Waals surface area contributed by atoms with Crippen LogP contribution in [-0.2, 0) is 4.79 Å². The van der Waals surface area contributed by atoms with Gasteiger partial charge in [0.05, 0.1) is 6.54 Å². The van der Waals surface area contributed by atoms with Crippen molar-refractivity contribution in [3.63, 3.8) is 0 Å². The lowest BCUT2D eigenvalue weighted by Gasteiger charge is -2.20. The summed E-state index contributed by atoms with van der Waals surface area (Å²) in [5, 5.41) is 2.98. The van der Waals surface area contributed by atoms with Gasteiger partial charge in [0.15, 0.2) is 0 Å². The van der Waals surface area contributed by atoms with Crippen LogP contribution in [0.5, 0.6) is 0 Å². The van der Waals surface area contributed by atoms with Crippen LogP contribution in [0.4, 0.5) is 0 Å². The van der Waals surface area contributed by atoms with E-state index in [-0.39, 0.29) is 5.91 Å². The Labute approximate surface area is 106 Å². The number of nitrogens with zero attached hydrogens (tertiary/aromatic N) is 2. The first-order chi connectivity index (χ1) is 8.10. The summed E-state index contributed by atoms with van der Waals surface area (Å²) in [5.74, 6) is 0.158. The van der Waals surface area contributed by atoms with Gasteiger partial charge in [0.2, 0.25) is 5.91 Å². The van der Waals surface area contributed by atoms with Gasteiger partial charge in [0, 0.05) is 6.54 Å². The highest BCUT2D eigenvalue weighted by atomic mass is 16.2. The minimum absolute atomic E-state index is 0.158. The normalized spacial score (nSPS) is 11.2. The first-order valence-electron chi connectivity index (χ1n) is 6.73. The fraction of sp³-hybridized carbons (Fsp3) is 0.923. The van der Waals surface area contributed by atoms with Crippen molar-refractivity contribution in [3.8, 4) is 0 Å². The number of hydrogen-bond donors (Lipinski definition) is 1. The Balaban J connectivity index is 3.66. The number of carbonyl (C=O) groups excluding carboxylic acids is 1. The predicted molar refractivity (Wildman–Crippen MR) is 73.2 cm³/mol. The third-order valence-electron chi connectivity index (χ3n) is 2.55. The maximum absolute atomic E-state index is 11.7. The van der Waals surface area contributed by atoms with E-state index in [9.17, 15) is 4.79 Å². The van der Waals surface area contributed by atoms with E-state index in [2.05, 4.69) is 29.0 Å². The van der Waals surface area contributed by atoms with Gasteiger partial charge in [-0.25, -0.2) is 0 Å². The largest absolute Gasteiger partial charge is 0.355 e. The van der Waals surface area contributed by atoms with Gasteiger partial charge in [-0.05, 0) is 53.0 Å². The molecule has 0 aliphatic rings. The van der Waals surface area contributed by atoms with Crippen LogP contribution in [0.15, 0.2) is 0 Å². The van der Waals surface area contributed by atoms with Crippen molar-refractivity contribution >= 4 is 5.91 Å². The molecule has 17 heavy (non-hydrogen) atoms. The molecule has 0 atom stereocenters. The molecule has 0 fully saturated rings. The second-order valence-electron chi connectivity index (χ2n) is 4.78. The molecule has 102 valence electrons. The Hall–Kier alpha value is -0.610. The van der Waals surface area contributed by atoms with E-state index in [1.165, 1.54) is 0 Å². The van der Waals surface area contributed by atoms with Crippen molar-refractivity contribution in [1.82, 2.24) is 15.1 Å². The predicted octanol–water partition coefficient (Wildman–Crippen LogP) is 1.18. The minimum atomic E-state index is 0.158. The van der Waals surface area contributed by atoms with Gasteiger partial charge in [-0.1, -0.05) is 13.8 Å². The monoisotopic (exact) mass is 243 g/mol. The summed E-state index contributed by atoms with van der Waals surface area (Å²) in [6.45, 7) is 8.67. The molecule has 4 heteroatoms. The zero-order valence-electron chi connectivity index (χ0n) is 12.0. The zero-order chi connectivity index (χ0) is 13.1. The molecule has 0 aromatic heterocycles. The molecule has 0 aromatic rings.